The van der Waals surface area contributed by atoms with E-state index in [1.54, 1.807) is 12.1 Å². The number of nitrogens with zero attached hydrogens (tertiary/aromatic N) is 2. The molecule has 6 heteroatoms. The van der Waals surface area contributed by atoms with Crippen LogP contribution < -0.4 is 5.32 Å². The van der Waals surface area contributed by atoms with Gasteiger partial charge in [0.25, 0.3) is 11.6 Å². The first-order valence-electron chi connectivity index (χ1n) is 8.28. The number of carbonyl (C=O) groups excluding carboxylic acids is 1. The third-order valence-electron chi connectivity index (χ3n) is 4.53. The van der Waals surface area contributed by atoms with E-state index < -0.39 is 4.92 Å². The van der Waals surface area contributed by atoms with E-state index in [0.29, 0.717) is 29.1 Å². The summed E-state index contributed by atoms with van der Waals surface area (Å²) in [5.41, 5.74) is 0.898. The molecule has 23 heavy (non-hydrogen) atoms. The molecule has 1 aliphatic heterocycles. The molecule has 6 nitrogen and oxygen atoms in total. The van der Waals surface area contributed by atoms with E-state index in [1.807, 2.05) is 4.90 Å². The molecule has 0 spiro atoms. The minimum absolute atomic E-state index is 0.0131. The van der Waals surface area contributed by atoms with Crippen LogP contribution in [0.1, 0.15) is 43.5 Å². The lowest BCUT2D eigenvalue weighted by Gasteiger charge is -2.35. The predicted molar refractivity (Wildman–Crippen MR) is 88.6 cm³/mol. The molecule has 1 aromatic rings. The van der Waals surface area contributed by atoms with Crippen molar-refractivity contribution in [3.05, 3.63) is 33.9 Å². The number of benzene rings is 1. The number of carbonyl (C=O) groups is 1. The Morgan fingerprint density at radius 2 is 1.91 bits per heavy atom. The van der Waals surface area contributed by atoms with Crippen LogP contribution in [0.15, 0.2) is 18.2 Å². The van der Waals surface area contributed by atoms with Gasteiger partial charge in [0.15, 0.2) is 0 Å². The van der Waals surface area contributed by atoms with Gasteiger partial charge in [0.1, 0.15) is 5.69 Å². The lowest BCUT2D eigenvalue weighted by molar-refractivity contribution is -0.384. The van der Waals surface area contributed by atoms with Crippen molar-refractivity contribution in [2.24, 2.45) is 11.8 Å². The number of nitrogens with one attached hydrogen (secondary N) is 1. The van der Waals surface area contributed by atoms with Crippen LogP contribution in [0.4, 0.5) is 11.4 Å². The lowest BCUT2D eigenvalue weighted by Crippen LogP contribution is -2.42. The van der Waals surface area contributed by atoms with Gasteiger partial charge in [-0.05, 0) is 43.2 Å². The zero-order valence-electron chi connectivity index (χ0n) is 13.6. The molecule has 1 aliphatic carbocycles. The molecule has 2 aliphatic rings. The molecule has 0 aromatic heterocycles. The number of rotatable bonds is 4. The monoisotopic (exact) mass is 317 g/mol. The predicted octanol–water partition coefficient (Wildman–Crippen LogP) is 3.29. The van der Waals surface area contributed by atoms with Crippen LogP contribution in [0, 0.1) is 22.0 Å². The summed E-state index contributed by atoms with van der Waals surface area (Å²) in [5, 5.41) is 14.5. The van der Waals surface area contributed by atoms with E-state index in [2.05, 4.69) is 19.2 Å². The molecular weight excluding hydrogens is 294 g/mol. The van der Waals surface area contributed by atoms with E-state index >= 15 is 0 Å². The van der Waals surface area contributed by atoms with Gasteiger partial charge in [-0.1, -0.05) is 13.8 Å². The van der Waals surface area contributed by atoms with Crippen LogP contribution in [0.5, 0.6) is 0 Å². The smallest absolute Gasteiger partial charge is 0.293 e. The second-order valence-electron chi connectivity index (χ2n) is 7.06. The third-order valence-corrected chi connectivity index (χ3v) is 4.53. The summed E-state index contributed by atoms with van der Waals surface area (Å²) in [6.07, 6.45) is 3.21. The van der Waals surface area contributed by atoms with Gasteiger partial charge >= 0.3 is 0 Å². The van der Waals surface area contributed by atoms with Crippen molar-refractivity contribution >= 4 is 17.3 Å². The maximum Gasteiger partial charge on any atom is 0.293 e. The Bertz CT molecular complexity index is 618. The van der Waals surface area contributed by atoms with Crippen molar-refractivity contribution < 1.29 is 9.72 Å². The number of nitro groups is 1. The molecular formula is C17H23N3O3. The quantitative estimate of drug-likeness (QED) is 0.683. The van der Waals surface area contributed by atoms with Crippen molar-refractivity contribution in [2.75, 3.05) is 18.4 Å². The molecule has 0 radical (unpaired) electrons. The topological polar surface area (TPSA) is 75.5 Å². The van der Waals surface area contributed by atoms with Crippen LogP contribution in [-0.2, 0) is 0 Å². The average Bonchev–Trinajstić information content (AvgIpc) is 3.29. The first kappa shape index (κ1) is 15.8. The van der Waals surface area contributed by atoms with Gasteiger partial charge in [-0.25, -0.2) is 0 Å². The summed E-state index contributed by atoms with van der Waals surface area (Å²) < 4.78 is 0. The molecule has 3 rings (SSSR count). The standard InChI is InChI=1S/C17H23N3O3/c1-11-7-12(2)10-19(9-11)17(21)13-3-6-15(18-14-4-5-14)16(8-13)20(22)23/h3,6,8,11-12,14,18H,4-5,7,9-10H2,1-2H3/t11-,12-/m0/s1. The Morgan fingerprint density at radius 1 is 1.26 bits per heavy atom. The van der Waals surface area contributed by atoms with E-state index in [4.69, 9.17) is 0 Å². The molecule has 1 saturated heterocycles. The molecule has 1 heterocycles. The number of likely N-dealkylation sites (tertiary alicyclic amines) is 1. The number of hydrogen-bond acceptors (Lipinski definition) is 4. The first-order valence-corrected chi connectivity index (χ1v) is 8.28. The van der Waals surface area contributed by atoms with Gasteiger partial charge < -0.3 is 10.2 Å². The second-order valence-corrected chi connectivity index (χ2v) is 7.06. The maximum absolute atomic E-state index is 12.7. The molecule has 124 valence electrons. The second kappa shape index (κ2) is 6.18. The number of hydrogen-bond donors (Lipinski definition) is 1. The highest BCUT2D eigenvalue weighted by Crippen LogP contribution is 2.32. The number of anilines is 1. The zero-order valence-corrected chi connectivity index (χ0v) is 13.6. The average molecular weight is 317 g/mol. The van der Waals surface area contributed by atoms with Crippen molar-refractivity contribution in [1.82, 2.24) is 4.90 Å². The van der Waals surface area contributed by atoms with Gasteiger partial charge in [-0.15, -0.1) is 0 Å². The SMILES string of the molecule is C[C@H]1C[C@H](C)CN(C(=O)c2ccc(NC3CC3)c([N+](=O)[O-])c2)C1. The molecule has 0 bridgehead atoms. The summed E-state index contributed by atoms with van der Waals surface area (Å²) in [6.45, 7) is 5.72. The highest BCUT2D eigenvalue weighted by molar-refractivity contribution is 5.95. The fraction of sp³-hybridized carbons (Fsp3) is 0.588. The zero-order chi connectivity index (χ0) is 16.6. The Balaban J connectivity index is 1.82. The van der Waals surface area contributed by atoms with Gasteiger partial charge in [0.05, 0.1) is 4.92 Å². The van der Waals surface area contributed by atoms with Crippen LogP contribution in [0.25, 0.3) is 0 Å². The molecule has 1 aromatic carbocycles. The highest BCUT2D eigenvalue weighted by atomic mass is 16.6. The van der Waals surface area contributed by atoms with Crippen molar-refractivity contribution in [1.29, 1.82) is 0 Å². The van der Waals surface area contributed by atoms with E-state index in [1.165, 1.54) is 6.07 Å². The molecule has 2 atom stereocenters. The molecule has 1 N–H and O–H groups in total. The summed E-state index contributed by atoms with van der Waals surface area (Å²) in [4.78, 5) is 25.4. The maximum atomic E-state index is 12.7. The van der Waals surface area contributed by atoms with Crippen LogP contribution >= 0.6 is 0 Å². The van der Waals surface area contributed by atoms with Gasteiger partial charge in [-0.2, -0.15) is 0 Å². The van der Waals surface area contributed by atoms with E-state index in [0.717, 1.165) is 32.4 Å². The van der Waals surface area contributed by atoms with Crippen molar-refractivity contribution in [3.63, 3.8) is 0 Å². The van der Waals surface area contributed by atoms with Crippen LogP contribution in [0.3, 0.4) is 0 Å². The summed E-state index contributed by atoms with van der Waals surface area (Å²) in [7, 11) is 0. The minimum Gasteiger partial charge on any atom is -0.377 e. The summed E-state index contributed by atoms with van der Waals surface area (Å²) >= 11 is 0. The van der Waals surface area contributed by atoms with E-state index in [9.17, 15) is 14.9 Å². The Kier molecular flexibility index (Phi) is 4.24. The fourth-order valence-electron chi connectivity index (χ4n) is 3.40. The summed E-state index contributed by atoms with van der Waals surface area (Å²) in [5.74, 6) is 0.825. The molecule has 0 unspecified atom stereocenters. The van der Waals surface area contributed by atoms with Crippen LogP contribution in [-0.4, -0.2) is 34.9 Å². The number of amides is 1. The fourth-order valence-corrected chi connectivity index (χ4v) is 3.40. The Morgan fingerprint density at radius 3 is 2.48 bits per heavy atom. The van der Waals surface area contributed by atoms with Gasteiger partial charge in [-0.3, -0.25) is 14.9 Å². The van der Waals surface area contributed by atoms with E-state index in [-0.39, 0.29) is 11.6 Å². The van der Waals surface area contributed by atoms with Gasteiger partial charge in [0, 0.05) is 30.8 Å². The normalized spacial score (nSPS) is 24.3. The Labute approximate surface area is 136 Å². The first-order chi connectivity index (χ1) is 10.9. The highest BCUT2D eigenvalue weighted by Gasteiger charge is 2.29. The molecule has 2 fully saturated rings. The summed E-state index contributed by atoms with van der Waals surface area (Å²) in [6, 6.07) is 5.11. The lowest BCUT2D eigenvalue weighted by atomic mass is 9.91. The minimum atomic E-state index is -0.414. The van der Waals surface area contributed by atoms with Gasteiger partial charge in [0.2, 0.25) is 0 Å². The van der Waals surface area contributed by atoms with Crippen molar-refractivity contribution in [2.45, 2.75) is 39.2 Å². The molecule has 1 saturated carbocycles. The number of piperidine rings is 1. The number of nitro benzene ring substituents is 1. The Hall–Kier alpha value is -2.11. The van der Waals surface area contributed by atoms with Crippen molar-refractivity contribution in [3.8, 4) is 0 Å². The molecule has 1 amide bonds. The van der Waals surface area contributed by atoms with Crippen LogP contribution in [0.2, 0.25) is 0 Å². The third kappa shape index (κ3) is 3.63. The largest absolute Gasteiger partial charge is 0.377 e.